The number of aldehydes is 1. The van der Waals surface area contributed by atoms with Crippen LogP contribution in [0.15, 0.2) is 0 Å². The van der Waals surface area contributed by atoms with Crippen LogP contribution in [0.3, 0.4) is 0 Å². The summed E-state index contributed by atoms with van der Waals surface area (Å²) in [6, 6.07) is 0. The lowest BCUT2D eigenvalue weighted by Gasteiger charge is -2.18. The Morgan fingerprint density at radius 3 is 2.75 bits per heavy atom. The zero-order chi connectivity index (χ0) is 8.77. The maximum atomic E-state index is 10.4. The van der Waals surface area contributed by atoms with Crippen molar-refractivity contribution in [2.45, 2.75) is 44.6 Å². The topological polar surface area (TPSA) is 44.8 Å². The minimum Gasteiger partial charge on any atom is -0.342 e. The molecular weight excluding hydrogens is 160 g/mol. The highest BCUT2D eigenvalue weighted by Crippen LogP contribution is 2.36. The van der Waals surface area contributed by atoms with Gasteiger partial charge in [-0.25, -0.2) is 0 Å². The monoisotopic (exact) mass is 172 g/mol. The Kier molecular flexibility index (Phi) is 1.71. The van der Waals surface area contributed by atoms with Crippen LogP contribution in [0.25, 0.3) is 0 Å². The molecule has 0 radical (unpaired) electrons. The van der Waals surface area contributed by atoms with Gasteiger partial charge in [0.05, 0.1) is 0 Å². The first-order valence-corrected chi connectivity index (χ1v) is 4.07. The van der Waals surface area contributed by atoms with Crippen LogP contribution in [-0.2, 0) is 19.0 Å². The molecule has 12 heavy (non-hydrogen) atoms. The maximum absolute atomic E-state index is 10.4. The maximum Gasteiger partial charge on any atom is 0.188 e. The number of hydrogen-bond donors (Lipinski definition) is 0. The normalized spacial score (nSPS) is 44.3. The smallest absolute Gasteiger partial charge is 0.188 e. The Bertz CT molecular complexity index is 185. The molecule has 2 saturated heterocycles. The SMILES string of the molecule is CC1(C)O[C@H]2OC(C=O)C[C@H]2O1. The molecule has 0 bridgehead atoms. The van der Waals surface area contributed by atoms with Gasteiger partial charge in [-0.15, -0.1) is 0 Å². The van der Waals surface area contributed by atoms with Gasteiger partial charge in [0.15, 0.2) is 12.1 Å². The van der Waals surface area contributed by atoms with Crippen molar-refractivity contribution in [2.24, 2.45) is 0 Å². The lowest BCUT2D eigenvalue weighted by molar-refractivity contribution is -0.202. The third-order valence-corrected chi connectivity index (χ3v) is 2.06. The number of fused-ring (bicyclic) bond motifs is 1. The third kappa shape index (κ3) is 1.26. The largest absolute Gasteiger partial charge is 0.342 e. The minimum absolute atomic E-state index is 0.0739. The zero-order valence-corrected chi connectivity index (χ0v) is 7.15. The van der Waals surface area contributed by atoms with Crippen molar-refractivity contribution in [1.29, 1.82) is 0 Å². The van der Waals surface area contributed by atoms with Gasteiger partial charge in [-0.3, -0.25) is 0 Å². The lowest BCUT2D eigenvalue weighted by atomic mass is 10.2. The summed E-state index contributed by atoms with van der Waals surface area (Å²) in [5.41, 5.74) is 0. The molecule has 3 atom stereocenters. The first-order valence-electron chi connectivity index (χ1n) is 4.07. The Labute approximate surface area is 70.8 Å². The number of ether oxygens (including phenoxy) is 3. The van der Waals surface area contributed by atoms with E-state index >= 15 is 0 Å². The number of carbonyl (C=O) groups excluding carboxylic acids is 1. The Hall–Kier alpha value is -0.450. The van der Waals surface area contributed by atoms with Crippen LogP contribution in [0.1, 0.15) is 20.3 Å². The molecule has 0 aliphatic carbocycles. The summed E-state index contributed by atoms with van der Waals surface area (Å²) >= 11 is 0. The van der Waals surface area contributed by atoms with Gasteiger partial charge in [-0.05, 0) is 13.8 Å². The second-order valence-electron chi connectivity index (χ2n) is 3.59. The van der Waals surface area contributed by atoms with Crippen LogP contribution in [0.4, 0.5) is 0 Å². The molecule has 1 unspecified atom stereocenters. The van der Waals surface area contributed by atoms with Gasteiger partial charge in [0.1, 0.15) is 18.5 Å². The van der Waals surface area contributed by atoms with Crippen LogP contribution in [0.5, 0.6) is 0 Å². The van der Waals surface area contributed by atoms with Crippen molar-refractivity contribution < 1.29 is 19.0 Å². The van der Waals surface area contributed by atoms with Crippen LogP contribution in [0, 0.1) is 0 Å². The van der Waals surface area contributed by atoms with E-state index in [2.05, 4.69) is 0 Å². The van der Waals surface area contributed by atoms with Crippen LogP contribution >= 0.6 is 0 Å². The molecule has 68 valence electrons. The highest BCUT2D eigenvalue weighted by Gasteiger charge is 2.48. The molecule has 4 nitrogen and oxygen atoms in total. The van der Waals surface area contributed by atoms with Gasteiger partial charge in [-0.1, -0.05) is 0 Å². The van der Waals surface area contributed by atoms with Crippen molar-refractivity contribution in [1.82, 2.24) is 0 Å². The van der Waals surface area contributed by atoms with Gasteiger partial charge in [0.25, 0.3) is 0 Å². The number of carbonyl (C=O) groups is 1. The quantitative estimate of drug-likeness (QED) is 0.539. The van der Waals surface area contributed by atoms with Crippen LogP contribution in [0.2, 0.25) is 0 Å². The third-order valence-electron chi connectivity index (χ3n) is 2.06. The zero-order valence-electron chi connectivity index (χ0n) is 7.15. The van der Waals surface area contributed by atoms with E-state index in [1.807, 2.05) is 13.8 Å². The standard InChI is InChI=1S/C8H12O4/c1-8(2)11-6-3-5(4-9)10-7(6)12-8/h4-7H,3H2,1-2H3/t5?,6-,7-/m1/s1. The summed E-state index contributed by atoms with van der Waals surface area (Å²) in [4.78, 5) is 10.4. The Morgan fingerprint density at radius 2 is 2.17 bits per heavy atom. The molecule has 0 spiro atoms. The van der Waals surface area contributed by atoms with Gasteiger partial charge in [-0.2, -0.15) is 0 Å². The van der Waals surface area contributed by atoms with Crippen molar-refractivity contribution in [2.75, 3.05) is 0 Å². The predicted octanol–water partition coefficient (Wildman–Crippen LogP) is 0.452. The molecule has 2 heterocycles. The fourth-order valence-electron chi connectivity index (χ4n) is 1.62. The predicted molar refractivity (Wildman–Crippen MR) is 39.4 cm³/mol. The van der Waals surface area contributed by atoms with Gasteiger partial charge in [0, 0.05) is 6.42 Å². The van der Waals surface area contributed by atoms with E-state index in [4.69, 9.17) is 14.2 Å². The highest BCUT2D eigenvalue weighted by atomic mass is 16.8. The van der Waals surface area contributed by atoms with Gasteiger partial charge < -0.3 is 19.0 Å². The van der Waals surface area contributed by atoms with Crippen molar-refractivity contribution in [3.8, 4) is 0 Å². The summed E-state index contributed by atoms with van der Waals surface area (Å²) in [6.45, 7) is 3.68. The molecule has 2 aliphatic heterocycles. The average molecular weight is 172 g/mol. The minimum atomic E-state index is -0.566. The van der Waals surface area contributed by atoms with Gasteiger partial charge >= 0.3 is 0 Å². The molecule has 2 rings (SSSR count). The molecule has 4 heteroatoms. The average Bonchev–Trinajstić information content (AvgIpc) is 2.40. The van der Waals surface area contributed by atoms with E-state index in [0.717, 1.165) is 6.29 Å². The summed E-state index contributed by atoms with van der Waals surface area (Å²) in [5.74, 6) is -0.566. The first kappa shape index (κ1) is 8.16. The summed E-state index contributed by atoms with van der Waals surface area (Å²) in [5, 5.41) is 0. The lowest BCUT2D eigenvalue weighted by Crippen LogP contribution is -2.25. The van der Waals surface area contributed by atoms with E-state index in [9.17, 15) is 4.79 Å². The highest BCUT2D eigenvalue weighted by molar-refractivity contribution is 5.56. The summed E-state index contributed by atoms with van der Waals surface area (Å²) < 4.78 is 16.2. The molecule has 2 fully saturated rings. The second-order valence-corrected chi connectivity index (χ2v) is 3.59. The molecule has 2 aliphatic rings. The van der Waals surface area contributed by atoms with Crippen molar-refractivity contribution in [3.63, 3.8) is 0 Å². The molecule has 0 aromatic heterocycles. The van der Waals surface area contributed by atoms with E-state index in [0.29, 0.717) is 6.42 Å². The Balaban J connectivity index is 2.02. The summed E-state index contributed by atoms with van der Waals surface area (Å²) in [6.07, 6.45) is 0.622. The van der Waals surface area contributed by atoms with Crippen LogP contribution < -0.4 is 0 Å². The Morgan fingerprint density at radius 1 is 1.42 bits per heavy atom. The second kappa shape index (κ2) is 2.52. The molecule has 0 aromatic rings. The fourth-order valence-corrected chi connectivity index (χ4v) is 1.62. The molecular formula is C8H12O4. The number of rotatable bonds is 1. The van der Waals surface area contributed by atoms with E-state index in [-0.39, 0.29) is 18.5 Å². The summed E-state index contributed by atoms with van der Waals surface area (Å²) in [7, 11) is 0. The number of hydrogen-bond acceptors (Lipinski definition) is 4. The first-order chi connectivity index (χ1) is 5.61. The van der Waals surface area contributed by atoms with Crippen LogP contribution in [-0.4, -0.2) is 30.6 Å². The molecule has 0 N–H and O–H groups in total. The van der Waals surface area contributed by atoms with Gasteiger partial charge in [0.2, 0.25) is 0 Å². The fraction of sp³-hybridized carbons (Fsp3) is 0.875. The molecule has 0 aromatic carbocycles. The van der Waals surface area contributed by atoms with E-state index in [1.165, 1.54) is 0 Å². The van der Waals surface area contributed by atoms with Crippen molar-refractivity contribution >= 4 is 6.29 Å². The molecule has 0 amide bonds. The molecule has 0 saturated carbocycles. The van der Waals surface area contributed by atoms with Crippen molar-refractivity contribution in [3.05, 3.63) is 0 Å². The van der Waals surface area contributed by atoms with E-state index in [1.54, 1.807) is 0 Å². The van der Waals surface area contributed by atoms with E-state index < -0.39 is 5.79 Å².